The summed E-state index contributed by atoms with van der Waals surface area (Å²) in [6, 6.07) is 7.50. The lowest BCUT2D eigenvalue weighted by Crippen LogP contribution is -2.53. The van der Waals surface area contributed by atoms with Crippen LogP contribution in [0.2, 0.25) is 0 Å². The highest BCUT2D eigenvalue weighted by Gasteiger charge is 2.32. The molecule has 1 N–H and O–H groups in total. The molecule has 0 fully saturated rings. The van der Waals surface area contributed by atoms with Crippen molar-refractivity contribution in [2.45, 2.75) is 65.5 Å². The molecule has 170 valence electrons. The SMILES string of the molecule is CCc1nc(C)cn2nc(-c3cc(=O)n4cc(C5=CC(C)(C)NC(C)(C)C5)ccc4n3)cc12. The van der Waals surface area contributed by atoms with Gasteiger partial charge in [0.05, 0.1) is 28.8 Å². The zero-order chi connectivity index (χ0) is 23.5. The predicted octanol–water partition coefficient (Wildman–Crippen LogP) is 4.21. The summed E-state index contributed by atoms with van der Waals surface area (Å²) in [5.41, 5.74) is 6.70. The zero-order valence-corrected chi connectivity index (χ0v) is 20.1. The highest BCUT2D eigenvalue weighted by Crippen LogP contribution is 2.33. The summed E-state index contributed by atoms with van der Waals surface area (Å²) in [6.07, 6.45) is 7.75. The summed E-state index contributed by atoms with van der Waals surface area (Å²) in [6.45, 7) is 12.8. The Morgan fingerprint density at radius 2 is 1.85 bits per heavy atom. The summed E-state index contributed by atoms with van der Waals surface area (Å²) in [5.74, 6) is 0. The van der Waals surface area contributed by atoms with Crippen molar-refractivity contribution in [2.24, 2.45) is 0 Å². The molecule has 0 saturated heterocycles. The van der Waals surface area contributed by atoms with Crippen molar-refractivity contribution in [1.29, 1.82) is 0 Å². The van der Waals surface area contributed by atoms with E-state index in [9.17, 15) is 4.79 Å². The van der Waals surface area contributed by atoms with Crippen LogP contribution in [0.5, 0.6) is 0 Å². The molecule has 7 nitrogen and oxygen atoms in total. The fourth-order valence-electron chi connectivity index (χ4n) is 5.09. The summed E-state index contributed by atoms with van der Waals surface area (Å²) in [7, 11) is 0. The molecular weight excluding hydrogens is 412 g/mol. The number of aromatic nitrogens is 5. The van der Waals surface area contributed by atoms with Crippen LogP contribution in [0.25, 0.3) is 28.1 Å². The third-order valence-corrected chi connectivity index (χ3v) is 6.11. The molecule has 0 bridgehead atoms. The van der Waals surface area contributed by atoms with E-state index < -0.39 is 0 Å². The van der Waals surface area contributed by atoms with Gasteiger partial charge in [-0.15, -0.1) is 0 Å². The summed E-state index contributed by atoms with van der Waals surface area (Å²) < 4.78 is 3.46. The number of nitrogens with zero attached hydrogens (tertiary/aromatic N) is 5. The van der Waals surface area contributed by atoms with E-state index in [0.29, 0.717) is 17.0 Å². The van der Waals surface area contributed by atoms with Crippen molar-refractivity contribution in [2.75, 3.05) is 0 Å². The van der Waals surface area contributed by atoms with E-state index in [4.69, 9.17) is 4.98 Å². The van der Waals surface area contributed by atoms with Crippen molar-refractivity contribution < 1.29 is 0 Å². The Labute approximate surface area is 193 Å². The molecule has 0 saturated carbocycles. The molecule has 5 rings (SSSR count). The fourth-order valence-corrected chi connectivity index (χ4v) is 5.09. The quantitative estimate of drug-likeness (QED) is 0.514. The van der Waals surface area contributed by atoms with Crippen molar-refractivity contribution in [1.82, 2.24) is 29.3 Å². The molecule has 4 aromatic heterocycles. The standard InChI is InChI=1S/C26H30N6O/c1-7-19-22-10-21(29-32(22)14-16(2)27-19)20-11-24(33)31-15-17(8-9-23(31)28-20)18-12-25(3,4)30-26(5,6)13-18/h8-12,14-15,30H,7,13H2,1-6H3. The largest absolute Gasteiger partial charge is 0.303 e. The fraction of sp³-hybridized carbons (Fsp3) is 0.385. The average Bonchev–Trinajstić information content (AvgIpc) is 3.14. The van der Waals surface area contributed by atoms with Gasteiger partial charge in [0.15, 0.2) is 0 Å². The minimum atomic E-state index is -0.119. The highest BCUT2D eigenvalue weighted by atomic mass is 16.1. The molecule has 7 heteroatoms. The summed E-state index contributed by atoms with van der Waals surface area (Å²) in [5, 5.41) is 8.33. The zero-order valence-electron chi connectivity index (χ0n) is 20.1. The van der Waals surface area contributed by atoms with E-state index in [1.54, 1.807) is 10.5 Å². The molecule has 33 heavy (non-hydrogen) atoms. The second kappa shape index (κ2) is 7.35. The van der Waals surface area contributed by atoms with E-state index >= 15 is 0 Å². The lowest BCUT2D eigenvalue weighted by atomic mass is 9.81. The molecular formula is C26H30N6O. The van der Waals surface area contributed by atoms with E-state index in [1.807, 2.05) is 36.0 Å². The van der Waals surface area contributed by atoms with Crippen LogP contribution in [0.3, 0.4) is 0 Å². The lowest BCUT2D eigenvalue weighted by molar-refractivity contribution is 0.297. The van der Waals surface area contributed by atoms with Crippen LogP contribution in [0.4, 0.5) is 0 Å². The van der Waals surface area contributed by atoms with Crippen LogP contribution in [-0.2, 0) is 6.42 Å². The van der Waals surface area contributed by atoms with Gasteiger partial charge in [0, 0.05) is 23.3 Å². The van der Waals surface area contributed by atoms with Gasteiger partial charge >= 0.3 is 0 Å². The summed E-state index contributed by atoms with van der Waals surface area (Å²) >= 11 is 0. The molecule has 4 aromatic rings. The second-order valence-electron chi connectivity index (χ2n) is 10.2. The number of hydrogen-bond acceptors (Lipinski definition) is 5. The normalized spacial score (nSPS) is 17.5. The number of hydrogen-bond donors (Lipinski definition) is 1. The number of aryl methyl sites for hydroxylation is 2. The third-order valence-electron chi connectivity index (χ3n) is 6.11. The maximum Gasteiger partial charge on any atom is 0.258 e. The van der Waals surface area contributed by atoms with E-state index in [0.717, 1.165) is 35.3 Å². The van der Waals surface area contributed by atoms with Crippen LogP contribution >= 0.6 is 0 Å². The van der Waals surface area contributed by atoms with Gasteiger partial charge in [-0.3, -0.25) is 14.2 Å². The van der Waals surface area contributed by atoms with Gasteiger partial charge in [0.25, 0.3) is 5.56 Å². The number of fused-ring (bicyclic) bond motifs is 2. The molecule has 0 spiro atoms. The molecule has 1 aliphatic rings. The van der Waals surface area contributed by atoms with Gasteiger partial charge in [0.2, 0.25) is 0 Å². The molecule has 0 atom stereocenters. The molecule has 0 radical (unpaired) electrons. The second-order valence-corrected chi connectivity index (χ2v) is 10.2. The first-order valence-electron chi connectivity index (χ1n) is 11.4. The number of pyridine rings is 1. The minimum absolute atomic E-state index is 0.0245. The summed E-state index contributed by atoms with van der Waals surface area (Å²) in [4.78, 5) is 22.5. The Morgan fingerprint density at radius 3 is 2.58 bits per heavy atom. The molecule has 0 aromatic carbocycles. The maximum atomic E-state index is 13.1. The maximum absolute atomic E-state index is 13.1. The molecule has 5 heterocycles. The Hall–Kier alpha value is -3.32. The molecule has 0 aliphatic carbocycles. The number of nitrogens with one attached hydrogen (secondary N) is 1. The van der Waals surface area contributed by atoms with Gasteiger partial charge in [-0.2, -0.15) is 5.10 Å². The van der Waals surface area contributed by atoms with Crippen molar-refractivity contribution in [3.8, 4) is 11.4 Å². The van der Waals surface area contributed by atoms with Gasteiger partial charge < -0.3 is 5.32 Å². The van der Waals surface area contributed by atoms with Gasteiger partial charge in [-0.1, -0.05) is 13.0 Å². The van der Waals surface area contributed by atoms with E-state index in [1.165, 1.54) is 5.57 Å². The predicted molar refractivity (Wildman–Crippen MR) is 131 cm³/mol. The van der Waals surface area contributed by atoms with Gasteiger partial charge in [-0.05, 0) is 76.8 Å². The smallest absolute Gasteiger partial charge is 0.258 e. The molecule has 0 unspecified atom stereocenters. The lowest BCUT2D eigenvalue weighted by Gasteiger charge is -2.41. The van der Waals surface area contributed by atoms with Crippen LogP contribution in [0.1, 0.15) is 58.0 Å². The third kappa shape index (κ3) is 3.97. The van der Waals surface area contributed by atoms with Gasteiger partial charge in [0.1, 0.15) is 11.3 Å². The Balaban J connectivity index is 1.59. The minimum Gasteiger partial charge on any atom is -0.303 e. The molecule has 0 amide bonds. The van der Waals surface area contributed by atoms with Crippen LogP contribution in [-0.4, -0.2) is 35.1 Å². The Morgan fingerprint density at radius 1 is 1.06 bits per heavy atom. The monoisotopic (exact) mass is 442 g/mol. The first kappa shape index (κ1) is 21.5. The Kier molecular flexibility index (Phi) is 4.79. The first-order chi connectivity index (χ1) is 15.5. The number of rotatable bonds is 3. The van der Waals surface area contributed by atoms with Crippen LogP contribution < -0.4 is 10.9 Å². The Bertz CT molecular complexity index is 1490. The van der Waals surface area contributed by atoms with Crippen LogP contribution in [0, 0.1) is 6.92 Å². The van der Waals surface area contributed by atoms with Crippen molar-refractivity contribution in [3.05, 3.63) is 70.0 Å². The topological polar surface area (TPSA) is 76.6 Å². The van der Waals surface area contributed by atoms with Gasteiger partial charge in [-0.25, -0.2) is 9.50 Å². The van der Waals surface area contributed by atoms with Crippen molar-refractivity contribution >= 4 is 16.7 Å². The van der Waals surface area contributed by atoms with E-state index in [2.05, 4.69) is 62.2 Å². The molecule has 1 aliphatic heterocycles. The van der Waals surface area contributed by atoms with E-state index in [-0.39, 0.29) is 16.6 Å². The van der Waals surface area contributed by atoms with Crippen molar-refractivity contribution in [3.63, 3.8) is 0 Å². The first-order valence-corrected chi connectivity index (χ1v) is 11.4. The highest BCUT2D eigenvalue weighted by molar-refractivity contribution is 5.70. The van der Waals surface area contributed by atoms with Crippen LogP contribution in [0.15, 0.2) is 47.5 Å². The average molecular weight is 443 g/mol.